The summed E-state index contributed by atoms with van der Waals surface area (Å²) >= 11 is 0. The van der Waals surface area contributed by atoms with Gasteiger partial charge >= 0.3 is 6.10 Å². The van der Waals surface area contributed by atoms with Crippen LogP contribution in [0.25, 0.3) is 20.9 Å². The number of ether oxygens (including phenoxy) is 3. The van der Waals surface area contributed by atoms with Crippen LogP contribution in [0.5, 0.6) is 23.0 Å². The molecule has 4 rings (SSSR count). The molecule has 0 aliphatic heterocycles. The molecule has 232 valence electrons. The van der Waals surface area contributed by atoms with Crippen molar-refractivity contribution < 1.29 is 19.0 Å². The van der Waals surface area contributed by atoms with Gasteiger partial charge in [-0.15, -0.1) is 4.67 Å². The Morgan fingerprint density at radius 3 is 1.22 bits per heavy atom. The first-order valence-corrected chi connectivity index (χ1v) is 15.2. The van der Waals surface area contributed by atoms with Crippen molar-refractivity contribution in [2.75, 3.05) is 28.2 Å². The van der Waals surface area contributed by atoms with E-state index in [9.17, 15) is 11.1 Å². The van der Waals surface area contributed by atoms with Crippen LogP contribution in [0.2, 0.25) is 0 Å². The molecule has 0 aromatic heterocycles. The van der Waals surface area contributed by atoms with Crippen LogP contribution in [-0.2, 0) is 0 Å². The molecule has 0 atom stereocenters. The van der Waals surface area contributed by atoms with Gasteiger partial charge in [-0.1, -0.05) is 87.9 Å². The molecule has 0 amide bonds. The van der Waals surface area contributed by atoms with E-state index in [0.717, 1.165) is 0 Å². The summed E-state index contributed by atoms with van der Waals surface area (Å²) < 4.78 is 24.9. The Bertz CT molecular complexity index is 1520. The van der Waals surface area contributed by atoms with Crippen molar-refractivity contribution in [3.63, 3.8) is 0 Å². The zero-order valence-electron chi connectivity index (χ0n) is 25.2. The highest BCUT2D eigenvalue weighted by Gasteiger charge is 2.59. The fourth-order valence-electron chi connectivity index (χ4n) is 4.28. The van der Waals surface area contributed by atoms with Gasteiger partial charge in [0, 0.05) is 9.82 Å². The fraction of sp³-hybridized carbons (Fsp3) is 0.200. The molecular weight excluding hydrogens is 595 g/mol. The lowest BCUT2D eigenvalue weighted by atomic mass is 10.3. The second-order valence-electron chi connectivity index (χ2n) is 9.59. The summed E-state index contributed by atoms with van der Waals surface area (Å²) in [4.78, 5) is 16.8. The molecule has 0 heterocycles. The van der Waals surface area contributed by atoms with Crippen LogP contribution in [0.3, 0.4) is 0 Å². The molecular formula is C30H33N10O4P. The second kappa shape index (κ2) is 15.5. The topological polar surface area (TPSA) is 157 Å². The first-order valence-electron chi connectivity index (χ1n) is 13.6. The molecule has 0 spiro atoms. The van der Waals surface area contributed by atoms with Crippen molar-refractivity contribution in [1.82, 2.24) is 14.0 Å². The highest BCUT2D eigenvalue weighted by Crippen LogP contribution is 2.61. The van der Waals surface area contributed by atoms with E-state index in [1.807, 2.05) is 24.3 Å². The predicted molar refractivity (Wildman–Crippen MR) is 172 cm³/mol. The number of benzene rings is 4. The lowest BCUT2D eigenvalue weighted by Gasteiger charge is -2.50. The zero-order chi connectivity index (χ0) is 32.1. The van der Waals surface area contributed by atoms with Gasteiger partial charge in [-0.3, -0.25) is 0 Å². The van der Waals surface area contributed by atoms with E-state index in [1.54, 1.807) is 135 Å². The summed E-state index contributed by atoms with van der Waals surface area (Å²) in [6.07, 6.45) is -4.03. The Labute approximate surface area is 261 Å². The average Bonchev–Trinajstić information content (AvgIpc) is 3.04. The Balaban J connectivity index is 2.14. The van der Waals surface area contributed by atoms with Gasteiger partial charge in [0.1, 0.15) is 17.2 Å². The van der Waals surface area contributed by atoms with Crippen molar-refractivity contribution in [3.8, 4) is 23.0 Å². The molecule has 0 saturated carbocycles. The number of rotatable bonds is 15. The first-order chi connectivity index (χ1) is 21.8. The van der Waals surface area contributed by atoms with Crippen molar-refractivity contribution in [2.24, 2.45) is 15.1 Å². The van der Waals surface area contributed by atoms with Gasteiger partial charge in [0.25, 0.3) is 0 Å². The van der Waals surface area contributed by atoms with E-state index in [4.69, 9.17) is 24.0 Å². The molecule has 0 fully saturated rings. The van der Waals surface area contributed by atoms with Crippen molar-refractivity contribution in [2.45, 2.75) is 12.4 Å². The van der Waals surface area contributed by atoms with Crippen LogP contribution in [0.4, 0.5) is 0 Å². The molecule has 0 radical (unpaired) electrons. The number of para-hydroxylation sites is 4. The van der Waals surface area contributed by atoms with Gasteiger partial charge in [0.15, 0.2) is 12.0 Å². The van der Waals surface area contributed by atoms with E-state index in [2.05, 4.69) is 20.1 Å². The summed E-state index contributed by atoms with van der Waals surface area (Å²) in [5, 5.41) is 7.79. The molecule has 4 aromatic carbocycles. The molecule has 0 unspecified atom stereocenters. The summed E-state index contributed by atoms with van der Waals surface area (Å²) in [6, 6.07) is 35.3. The first kappa shape index (κ1) is 32.7. The third kappa shape index (κ3) is 7.86. The average molecular weight is 629 g/mol. The van der Waals surface area contributed by atoms with Crippen LogP contribution in [0.1, 0.15) is 0 Å². The molecule has 0 aliphatic rings. The fourth-order valence-corrected chi connectivity index (χ4v) is 7.17. The van der Waals surface area contributed by atoms with Crippen LogP contribution in [0.15, 0.2) is 136 Å². The van der Waals surface area contributed by atoms with Crippen molar-refractivity contribution in [1.29, 1.82) is 0 Å². The van der Waals surface area contributed by atoms with Crippen LogP contribution in [0, 0.1) is 0 Å². The quantitative estimate of drug-likeness (QED) is 0.0321. The SMILES string of the molecule is CN(C)P(=NOc1ccccc1)(N(C)C)N(C(N=[N+]=[N-])N=[N+]=[N-])C(Oc1ccccc1)(Oc1ccccc1)Oc1ccccc1. The molecule has 4 aromatic rings. The Hall–Kier alpha value is -5.19. The molecule has 14 nitrogen and oxygen atoms in total. The Kier molecular flexibility index (Phi) is 11.3. The van der Waals surface area contributed by atoms with Gasteiger partial charge in [-0.05, 0) is 87.8 Å². The van der Waals surface area contributed by atoms with Crippen molar-refractivity contribution >= 4 is 7.51 Å². The monoisotopic (exact) mass is 628 g/mol. The normalized spacial score (nSPS) is 12.1. The number of hydrogen-bond donors (Lipinski definition) is 0. The van der Waals surface area contributed by atoms with E-state index in [0.29, 0.717) is 23.0 Å². The molecule has 0 aliphatic carbocycles. The number of hydrogen-bond acceptors (Lipinski definition) is 7. The molecule has 15 heteroatoms. The molecule has 0 saturated heterocycles. The lowest BCUT2D eigenvalue weighted by Crippen LogP contribution is -2.64. The van der Waals surface area contributed by atoms with Crippen molar-refractivity contribution in [3.05, 3.63) is 142 Å². The minimum atomic E-state index is -3.57. The third-order valence-electron chi connectivity index (χ3n) is 6.14. The minimum Gasteiger partial charge on any atom is -0.407 e. The van der Waals surface area contributed by atoms with Crippen LogP contribution in [-0.4, -0.2) is 54.6 Å². The maximum absolute atomic E-state index is 9.75. The van der Waals surface area contributed by atoms with Gasteiger partial charge in [0.2, 0.25) is 7.51 Å². The van der Waals surface area contributed by atoms with E-state index in [-0.39, 0.29) is 0 Å². The van der Waals surface area contributed by atoms with Gasteiger partial charge in [0.05, 0.1) is 0 Å². The van der Waals surface area contributed by atoms with E-state index in [1.165, 1.54) is 4.67 Å². The Morgan fingerprint density at radius 2 is 0.911 bits per heavy atom. The van der Waals surface area contributed by atoms with Crippen LogP contribution >= 0.6 is 7.51 Å². The second-order valence-corrected chi connectivity index (χ2v) is 12.9. The van der Waals surface area contributed by atoms with Gasteiger partial charge < -0.3 is 19.0 Å². The number of nitrogens with zero attached hydrogens (tertiary/aromatic N) is 10. The maximum atomic E-state index is 9.75. The summed E-state index contributed by atoms with van der Waals surface area (Å²) in [6.45, 7) is 0. The summed E-state index contributed by atoms with van der Waals surface area (Å²) in [5.74, 6) is 1.37. The van der Waals surface area contributed by atoms with Crippen LogP contribution < -0.4 is 19.0 Å². The largest absolute Gasteiger partial charge is 0.502 e. The number of azide groups is 1. The lowest BCUT2D eigenvalue weighted by molar-refractivity contribution is -0.324. The van der Waals surface area contributed by atoms with Gasteiger partial charge in [-0.25, -0.2) is 9.34 Å². The predicted octanol–water partition coefficient (Wildman–Crippen LogP) is 8.10. The zero-order valence-corrected chi connectivity index (χ0v) is 26.1. The standard InChI is InChI=1S/C30H33N10O4P/c1-38(2)45(39(3)4,37-44-28-23-15-8-16-24-28)40(29(33-35-31)34-36-32)30(41-25-17-9-5-10-18-25,42-26-19-11-6-12-20-26)43-27-21-13-7-14-22-27/h5-24,29H,1-4H3. The highest BCUT2D eigenvalue weighted by molar-refractivity contribution is 7.59. The maximum Gasteiger partial charge on any atom is 0.502 e. The summed E-state index contributed by atoms with van der Waals surface area (Å²) in [7, 11) is 3.44. The highest BCUT2D eigenvalue weighted by atomic mass is 31.2. The van der Waals surface area contributed by atoms with Gasteiger partial charge in [-0.2, -0.15) is 0 Å². The third-order valence-corrected chi connectivity index (χ3v) is 9.62. The summed E-state index contributed by atoms with van der Waals surface area (Å²) in [5.41, 5.74) is 19.5. The molecule has 45 heavy (non-hydrogen) atoms. The molecule has 0 bridgehead atoms. The smallest absolute Gasteiger partial charge is 0.407 e. The Morgan fingerprint density at radius 1 is 0.578 bits per heavy atom. The van der Waals surface area contributed by atoms with E-state index >= 15 is 0 Å². The van der Waals surface area contributed by atoms with E-state index < -0.39 is 19.9 Å². The molecule has 0 N–H and O–H groups in total. The minimum absolute atomic E-state index is 0.314.